The van der Waals surface area contributed by atoms with Gasteiger partial charge in [-0.1, -0.05) is 109 Å². The molecular formula is C63H64F4O11S4. The van der Waals surface area contributed by atoms with Crippen molar-refractivity contribution >= 4 is 59.7 Å². The summed E-state index contributed by atoms with van der Waals surface area (Å²) in [4.78, 5) is 44.8. The highest BCUT2D eigenvalue weighted by Gasteiger charge is 2.60. The molecule has 82 heavy (non-hydrogen) atoms. The van der Waals surface area contributed by atoms with Gasteiger partial charge >= 0.3 is 22.4 Å². The second kappa shape index (κ2) is 25.2. The summed E-state index contributed by atoms with van der Waals surface area (Å²) in [5.74, 6) is -0.526. The predicted octanol–water partition coefficient (Wildman–Crippen LogP) is 12.9. The van der Waals surface area contributed by atoms with Crippen molar-refractivity contribution < 1.29 is 67.4 Å². The van der Waals surface area contributed by atoms with Gasteiger partial charge in [0.05, 0.1) is 32.6 Å². The van der Waals surface area contributed by atoms with Crippen molar-refractivity contribution in [1.82, 2.24) is 0 Å². The quantitative estimate of drug-likeness (QED) is 0.0437. The molecule has 8 fully saturated rings. The Bertz CT molecular complexity index is 3010. The van der Waals surface area contributed by atoms with Gasteiger partial charge in [-0.15, -0.1) is 0 Å². The van der Waals surface area contributed by atoms with Crippen LogP contribution in [0.1, 0.15) is 77.6 Å². The fourth-order valence-corrected chi connectivity index (χ4v) is 18.3. The number of halogens is 4. The summed E-state index contributed by atoms with van der Waals surface area (Å²) in [7, 11) is -11.8. The van der Waals surface area contributed by atoms with Crippen molar-refractivity contribution in [3.05, 3.63) is 182 Å². The highest BCUT2D eigenvalue weighted by atomic mass is 32.2. The maximum absolute atomic E-state index is 13.5. The second-order valence-electron chi connectivity index (χ2n) is 22.4. The lowest BCUT2D eigenvalue weighted by Gasteiger charge is -2.55. The van der Waals surface area contributed by atoms with Gasteiger partial charge in [-0.05, 0) is 174 Å². The molecule has 11 nitrogen and oxygen atoms in total. The summed E-state index contributed by atoms with van der Waals surface area (Å²) < 4.78 is 126. The highest BCUT2D eigenvalue weighted by molar-refractivity contribution is 7.97. The number of benzene rings is 6. The minimum absolute atomic E-state index is 0.0146. The van der Waals surface area contributed by atoms with E-state index in [1.165, 1.54) is 29.4 Å². The number of Topliss-reactive ketones (excluding diaryl/α,β-unsaturated/α-hetero) is 1. The van der Waals surface area contributed by atoms with Crippen molar-refractivity contribution in [3.63, 3.8) is 0 Å². The number of carbonyl (C=O) groups is 3. The molecule has 0 saturated heterocycles. The molecule has 8 aliphatic carbocycles. The van der Waals surface area contributed by atoms with E-state index in [9.17, 15) is 57.9 Å². The van der Waals surface area contributed by atoms with Crippen LogP contribution in [0.3, 0.4) is 0 Å². The molecule has 0 heterocycles. The summed E-state index contributed by atoms with van der Waals surface area (Å²) in [6, 6.07) is 64.3. The molecule has 0 amide bonds. The van der Waals surface area contributed by atoms with E-state index in [0.717, 1.165) is 39.0 Å². The van der Waals surface area contributed by atoms with Crippen LogP contribution in [0.4, 0.5) is 17.6 Å². The third-order valence-corrected chi connectivity index (χ3v) is 22.9. The van der Waals surface area contributed by atoms with Gasteiger partial charge in [0.25, 0.3) is 0 Å². The molecule has 19 heteroatoms. The molecule has 6 aromatic rings. The van der Waals surface area contributed by atoms with E-state index in [-0.39, 0.29) is 58.2 Å². The minimum atomic E-state index is -5.88. The molecule has 8 saturated carbocycles. The molecular weight excluding hydrogens is 1140 g/mol. The molecule has 0 N–H and O–H groups in total. The zero-order chi connectivity index (χ0) is 58.5. The number of hydrogen-bond acceptors (Lipinski definition) is 11. The fraction of sp³-hybridized carbons (Fsp3) is 0.381. The third-order valence-electron chi connectivity index (χ3n) is 16.6. The average molecular weight is 1200 g/mol. The van der Waals surface area contributed by atoms with Crippen LogP contribution in [0.15, 0.2) is 211 Å². The third kappa shape index (κ3) is 13.7. The topological polar surface area (TPSA) is 184 Å². The summed E-state index contributed by atoms with van der Waals surface area (Å²) in [6.07, 6.45) is 5.29. The Labute approximate surface area is 482 Å². The molecule has 434 valence electrons. The Morgan fingerprint density at radius 2 is 0.768 bits per heavy atom. The number of rotatable bonds is 14. The monoisotopic (exact) mass is 1200 g/mol. The molecule has 8 aliphatic rings. The van der Waals surface area contributed by atoms with Gasteiger partial charge in [0, 0.05) is 11.8 Å². The van der Waals surface area contributed by atoms with E-state index in [1.54, 1.807) is 0 Å². The summed E-state index contributed by atoms with van der Waals surface area (Å²) in [5, 5.41) is -9.24. The Morgan fingerprint density at radius 1 is 0.488 bits per heavy atom. The summed E-state index contributed by atoms with van der Waals surface area (Å²) in [5.41, 5.74) is -1.74. The van der Waals surface area contributed by atoms with E-state index in [1.807, 2.05) is 0 Å². The van der Waals surface area contributed by atoms with Crippen LogP contribution in [0, 0.1) is 46.3 Å². The van der Waals surface area contributed by atoms with Crippen molar-refractivity contribution in [3.8, 4) is 0 Å². The molecule has 3 atom stereocenters. The average Bonchev–Trinajstić information content (AvgIpc) is 2.56. The molecule has 0 aliphatic heterocycles. The lowest BCUT2D eigenvalue weighted by atomic mass is 9.49. The zero-order valence-corrected chi connectivity index (χ0v) is 48.2. The summed E-state index contributed by atoms with van der Waals surface area (Å²) in [6.45, 7) is -1.01. The number of ketones is 1. The first-order chi connectivity index (χ1) is 39.0. The van der Waals surface area contributed by atoms with Gasteiger partial charge in [0.15, 0.2) is 62.3 Å². The molecule has 8 bridgehead atoms. The number of ether oxygens (including phenoxy) is 2. The van der Waals surface area contributed by atoms with Crippen LogP contribution in [-0.4, -0.2) is 66.9 Å². The predicted molar refractivity (Wildman–Crippen MR) is 300 cm³/mol. The molecule has 0 aromatic heterocycles. The molecule has 6 aromatic carbocycles. The van der Waals surface area contributed by atoms with Gasteiger partial charge in [-0.25, -0.2) is 16.8 Å². The van der Waals surface area contributed by atoms with Gasteiger partial charge in [-0.2, -0.15) is 17.6 Å². The van der Waals surface area contributed by atoms with Crippen molar-refractivity contribution in [1.29, 1.82) is 0 Å². The Morgan fingerprint density at radius 3 is 1.05 bits per heavy atom. The van der Waals surface area contributed by atoms with Crippen molar-refractivity contribution in [2.45, 2.75) is 124 Å². The Kier molecular flexibility index (Phi) is 18.6. The number of hydrogen-bond donors (Lipinski definition) is 0. The number of esters is 2. The normalized spacial score (nSPS) is 25.4. The standard InChI is InChI=1S/2C18H15S.C14H20F2O5S.C13H16F2O6S/c2*1-4-10-16(11-5-1)19(17-12-6-2-7-13-17)18-14-8-3-9-15-18;1-8(14(15,16)22(18,19)20)21-12(17)13-5-9-2-10(6-13)4-11(3-9)7-13;14-13(15,22(18,19)20)6-21-11(17)12-3-7-1-8(4-12)10(16)9(2-7)5-12/h2*1-15H;8-11H,2-7H2,1H3,(H,18,19,20);7-9H,1-6H2,(H,18,19,20)/q2*+1;;/p-2. The van der Waals surface area contributed by atoms with Crippen LogP contribution >= 0.6 is 0 Å². The first kappa shape index (κ1) is 60.8. The van der Waals surface area contributed by atoms with Gasteiger partial charge < -0.3 is 18.6 Å². The van der Waals surface area contributed by atoms with Crippen molar-refractivity contribution in [2.24, 2.45) is 46.3 Å². The molecule has 14 rings (SSSR count). The largest absolute Gasteiger partial charge is 0.743 e. The first-order valence-electron chi connectivity index (χ1n) is 27.3. The van der Waals surface area contributed by atoms with Crippen LogP contribution in [0.25, 0.3) is 0 Å². The van der Waals surface area contributed by atoms with E-state index < -0.39 is 66.2 Å². The maximum Gasteiger partial charge on any atom is 0.369 e. The van der Waals surface area contributed by atoms with Crippen LogP contribution < -0.4 is 0 Å². The maximum atomic E-state index is 13.5. The number of alkyl halides is 4. The van der Waals surface area contributed by atoms with Gasteiger partial charge in [0.1, 0.15) is 5.78 Å². The van der Waals surface area contributed by atoms with Gasteiger partial charge in [-0.3, -0.25) is 14.4 Å². The fourth-order valence-electron chi connectivity index (χ4n) is 13.4. The van der Waals surface area contributed by atoms with Gasteiger partial charge in [0.2, 0.25) is 0 Å². The Balaban J connectivity index is 0.000000132. The highest BCUT2D eigenvalue weighted by Crippen LogP contribution is 2.61. The SMILES string of the molecule is CC(OC(=O)C12CC3CC(CC(C3)C1)C2)C(F)(F)S(=O)(=O)[O-].O=C1C2CC3CC1CC(C(=O)OCC(F)(F)S(=O)(=O)[O-])(C3)C2.c1ccc([S+](c2ccccc2)c2ccccc2)cc1.c1ccc([S+](c2ccccc2)c2ccccc2)cc1. The molecule has 0 spiro atoms. The van der Waals surface area contributed by atoms with Crippen LogP contribution in [0.5, 0.6) is 0 Å². The van der Waals surface area contributed by atoms with E-state index in [0.29, 0.717) is 43.4 Å². The zero-order valence-electron chi connectivity index (χ0n) is 45.0. The van der Waals surface area contributed by atoms with E-state index >= 15 is 0 Å². The molecule has 3 unspecified atom stereocenters. The van der Waals surface area contributed by atoms with Crippen LogP contribution in [-0.2, 0) is 65.9 Å². The smallest absolute Gasteiger partial charge is 0.369 e. The Hall–Kier alpha value is -5.83. The van der Waals surface area contributed by atoms with E-state index in [2.05, 4.69) is 187 Å². The molecule has 0 radical (unpaired) electrons. The van der Waals surface area contributed by atoms with Crippen molar-refractivity contribution in [2.75, 3.05) is 6.61 Å². The van der Waals surface area contributed by atoms with Crippen LogP contribution in [0.2, 0.25) is 0 Å². The summed E-state index contributed by atoms with van der Waals surface area (Å²) >= 11 is 0. The minimum Gasteiger partial charge on any atom is -0.743 e. The van der Waals surface area contributed by atoms with E-state index in [4.69, 9.17) is 4.74 Å². The first-order valence-corrected chi connectivity index (χ1v) is 32.6. The number of carbonyl (C=O) groups excluding carboxylic acids is 3. The lowest BCUT2D eigenvalue weighted by molar-refractivity contribution is -0.186. The second-order valence-corrected chi connectivity index (χ2v) is 29.5. The lowest BCUT2D eigenvalue weighted by Crippen LogP contribution is -2.55.